The van der Waals surface area contributed by atoms with Gasteiger partial charge in [-0.25, -0.2) is 0 Å². The molecule has 3 amide bonds. The summed E-state index contributed by atoms with van der Waals surface area (Å²) in [7, 11) is 0. The number of carbonyl (C=O) groups is 3. The molecule has 0 aromatic heterocycles. The average Bonchev–Trinajstić information content (AvgIpc) is 3.97. The van der Waals surface area contributed by atoms with E-state index in [1.165, 1.54) is 308 Å². The van der Waals surface area contributed by atoms with Crippen molar-refractivity contribution in [3.63, 3.8) is 0 Å². The number of amides is 3. The van der Waals surface area contributed by atoms with E-state index in [-0.39, 0.29) is 0 Å². The summed E-state index contributed by atoms with van der Waals surface area (Å²) >= 11 is 0. The quantitative estimate of drug-likeness (QED) is 0.0573. The number of carbonyl (C=O) groups excluding carboxylic acids is 3. The Balaban J connectivity index is 0.000000540. The molecule has 0 bridgehead atoms. The Morgan fingerprint density at radius 2 is 0.347 bits per heavy atom. The minimum Gasteiger partial charge on any atom is -0.343 e. The molecule has 3 fully saturated rings. The molecule has 0 aromatic carbocycles. The zero-order valence-electron chi connectivity index (χ0n) is 49.5. The molecular weight excluding hydrogens is 883 g/mol. The van der Waals surface area contributed by atoms with Gasteiger partial charge in [0.25, 0.3) is 0 Å². The molecule has 6 heteroatoms. The highest BCUT2D eigenvalue weighted by Gasteiger charge is 2.17. The monoisotopic (exact) mass is 1010 g/mol. The summed E-state index contributed by atoms with van der Waals surface area (Å²) in [4.78, 5) is 42.9. The topological polar surface area (TPSA) is 60.9 Å². The molecule has 426 valence electrons. The van der Waals surface area contributed by atoms with Crippen molar-refractivity contribution in [1.82, 2.24) is 14.7 Å². The molecule has 3 aliphatic heterocycles. The summed E-state index contributed by atoms with van der Waals surface area (Å²) in [5, 5.41) is 0. The van der Waals surface area contributed by atoms with Gasteiger partial charge in [0.15, 0.2) is 0 Å². The van der Waals surface area contributed by atoms with Crippen molar-refractivity contribution in [1.29, 1.82) is 0 Å². The van der Waals surface area contributed by atoms with Gasteiger partial charge < -0.3 is 14.7 Å². The van der Waals surface area contributed by atoms with Crippen molar-refractivity contribution in [2.45, 2.75) is 367 Å². The van der Waals surface area contributed by atoms with Gasteiger partial charge in [-0.1, -0.05) is 290 Å². The summed E-state index contributed by atoms with van der Waals surface area (Å²) in [6.07, 6.45) is 70.9. The molecule has 0 radical (unpaired) electrons. The van der Waals surface area contributed by atoms with E-state index in [1.54, 1.807) is 0 Å². The summed E-state index contributed by atoms with van der Waals surface area (Å²) in [6, 6.07) is 0. The molecule has 3 rings (SSSR count). The number of hydrogen-bond acceptors (Lipinski definition) is 3. The lowest BCUT2D eigenvalue weighted by atomic mass is 10.0. The second-order valence-corrected chi connectivity index (χ2v) is 23.4. The van der Waals surface area contributed by atoms with Gasteiger partial charge >= 0.3 is 0 Å². The van der Waals surface area contributed by atoms with Crippen LogP contribution in [0.5, 0.6) is 0 Å². The van der Waals surface area contributed by atoms with Crippen LogP contribution < -0.4 is 0 Å². The van der Waals surface area contributed by atoms with E-state index in [4.69, 9.17) is 0 Å². The van der Waals surface area contributed by atoms with Crippen molar-refractivity contribution in [2.75, 3.05) is 39.3 Å². The SMILES string of the molecule is CCCCCCCCCCCCCCC(=O)N1CCCCCC1.CCCCCCCCCCCCCCCC(=O)N1CCCCCC1.CCCCCCCCCCCCCCCCC(=O)N1CCCCCC1. The van der Waals surface area contributed by atoms with E-state index < -0.39 is 0 Å². The molecule has 0 aliphatic carbocycles. The lowest BCUT2D eigenvalue weighted by Gasteiger charge is -2.20. The van der Waals surface area contributed by atoms with Crippen LogP contribution in [0, 0.1) is 0 Å². The van der Waals surface area contributed by atoms with E-state index in [0.717, 1.165) is 77.8 Å². The van der Waals surface area contributed by atoms with Gasteiger partial charge in [-0.15, -0.1) is 0 Å². The van der Waals surface area contributed by atoms with Crippen LogP contribution in [0.15, 0.2) is 0 Å². The fourth-order valence-corrected chi connectivity index (χ4v) is 11.3. The highest BCUT2D eigenvalue weighted by atomic mass is 16.2. The van der Waals surface area contributed by atoms with Crippen LogP contribution in [-0.2, 0) is 14.4 Å². The normalized spacial score (nSPS) is 15.5. The third-order valence-electron chi connectivity index (χ3n) is 16.4. The summed E-state index contributed by atoms with van der Waals surface area (Å²) in [6.45, 7) is 12.9. The molecule has 0 aromatic rings. The second kappa shape index (κ2) is 55.6. The largest absolute Gasteiger partial charge is 0.343 e. The molecule has 0 saturated carbocycles. The molecule has 72 heavy (non-hydrogen) atoms. The first-order chi connectivity index (χ1) is 35.5. The zero-order chi connectivity index (χ0) is 51.9. The van der Waals surface area contributed by atoms with E-state index in [1.807, 2.05) is 0 Å². The third kappa shape index (κ3) is 45.8. The predicted octanol–water partition coefficient (Wildman–Crippen LogP) is 20.6. The molecule has 3 heterocycles. The van der Waals surface area contributed by atoms with E-state index >= 15 is 0 Å². The first-order valence-electron chi connectivity index (χ1n) is 33.4. The minimum absolute atomic E-state index is 0.416. The minimum atomic E-state index is 0.416. The smallest absolute Gasteiger partial charge is 0.222 e. The van der Waals surface area contributed by atoms with Crippen molar-refractivity contribution in [2.24, 2.45) is 0 Å². The Hall–Kier alpha value is -1.59. The first kappa shape index (κ1) is 68.4. The highest BCUT2D eigenvalue weighted by Crippen LogP contribution is 2.19. The van der Waals surface area contributed by atoms with Gasteiger partial charge in [0.2, 0.25) is 17.7 Å². The summed E-state index contributed by atoms with van der Waals surface area (Å²) in [5.41, 5.74) is 0. The van der Waals surface area contributed by atoms with E-state index in [2.05, 4.69) is 35.5 Å². The molecule has 3 saturated heterocycles. The Kier molecular flexibility index (Phi) is 52.9. The summed E-state index contributed by atoms with van der Waals surface area (Å²) < 4.78 is 0. The molecule has 6 nitrogen and oxygen atoms in total. The van der Waals surface area contributed by atoms with E-state index in [0.29, 0.717) is 17.7 Å². The molecule has 0 spiro atoms. The molecule has 0 atom stereocenters. The number of unbranched alkanes of at least 4 members (excludes halogenated alkanes) is 36. The first-order valence-corrected chi connectivity index (χ1v) is 33.4. The number of nitrogens with zero attached hydrogens (tertiary/aromatic N) is 3. The number of likely N-dealkylation sites (tertiary alicyclic amines) is 3. The lowest BCUT2D eigenvalue weighted by molar-refractivity contribution is -0.132. The van der Waals surface area contributed by atoms with Crippen molar-refractivity contribution < 1.29 is 14.4 Å². The number of rotatable bonds is 42. The maximum atomic E-state index is 12.2. The lowest BCUT2D eigenvalue weighted by Crippen LogP contribution is -2.31. The van der Waals surface area contributed by atoms with Crippen LogP contribution in [-0.4, -0.2) is 71.7 Å². The zero-order valence-corrected chi connectivity index (χ0v) is 49.5. The van der Waals surface area contributed by atoms with Crippen LogP contribution in [0.3, 0.4) is 0 Å². The summed E-state index contributed by atoms with van der Waals surface area (Å²) in [5.74, 6) is 1.25. The van der Waals surface area contributed by atoms with Gasteiger partial charge in [-0.2, -0.15) is 0 Å². The second-order valence-electron chi connectivity index (χ2n) is 23.4. The highest BCUT2D eigenvalue weighted by molar-refractivity contribution is 5.77. The van der Waals surface area contributed by atoms with Crippen LogP contribution in [0.25, 0.3) is 0 Å². The molecule has 0 N–H and O–H groups in total. The van der Waals surface area contributed by atoms with Crippen LogP contribution in [0.1, 0.15) is 367 Å². The average molecular weight is 1010 g/mol. The van der Waals surface area contributed by atoms with Gasteiger partial charge in [0.1, 0.15) is 0 Å². The fourth-order valence-electron chi connectivity index (χ4n) is 11.3. The van der Waals surface area contributed by atoms with Crippen LogP contribution in [0.2, 0.25) is 0 Å². The van der Waals surface area contributed by atoms with Gasteiger partial charge in [0, 0.05) is 58.5 Å². The molecule has 0 unspecified atom stereocenters. The molecule has 3 aliphatic rings. The Morgan fingerprint density at radius 1 is 0.208 bits per heavy atom. The van der Waals surface area contributed by atoms with Crippen LogP contribution >= 0.6 is 0 Å². The maximum absolute atomic E-state index is 12.2. The van der Waals surface area contributed by atoms with E-state index in [9.17, 15) is 14.4 Å². The number of hydrogen-bond donors (Lipinski definition) is 0. The van der Waals surface area contributed by atoms with Gasteiger partial charge in [0.05, 0.1) is 0 Å². The van der Waals surface area contributed by atoms with Gasteiger partial charge in [-0.3, -0.25) is 14.4 Å². The maximum Gasteiger partial charge on any atom is 0.222 e. The fraction of sp³-hybridized carbons (Fsp3) is 0.955. The Morgan fingerprint density at radius 3 is 0.500 bits per heavy atom. The Labute approximate surface area is 451 Å². The van der Waals surface area contributed by atoms with Crippen molar-refractivity contribution >= 4 is 17.7 Å². The molecular formula is C66H129N3O3. The van der Waals surface area contributed by atoms with Crippen molar-refractivity contribution in [3.8, 4) is 0 Å². The third-order valence-corrected chi connectivity index (χ3v) is 16.4. The Bertz CT molecular complexity index is 1120. The van der Waals surface area contributed by atoms with Crippen molar-refractivity contribution in [3.05, 3.63) is 0 Å². The van der Waals surface area contributed by atoms with Crippen LogP contribution in [0.4, 0.5) is 0 Å². The van der Waals surface area contributed by atoms with Gasteiger partial charge in [-0.05, 0) is 57.8 Å². The standard InChI is InChI=1S/C23H45NO.C22H43NO.C21H41NO/c1-2-3-4-5-6-7-8-9-10-11-12-13-14-17-20-23(25)24-21-18-15-16-19-22-24;1-2-3-4-5-6-7-8-9-10-11-12-13-16-19-22(24)23-20-17-14-15-18-21-23;1-2-3-4-5-6-7-8-9-10-11-12-15-18-21(23)22-19-16-13-14-17-20-22/h2-22H2,1H3;2-21H2,1H3;2-20H2,1H3. The predicted molar refractivity (Wildman–Crippen MR) is 316 cm³/mol.